The quantitative estimate of drug-likeness (QED) is 0.202. The van der Waals surface area contributed by atoms with Gasteiger partial charge in [0.05, 0.1) is 0 Å². The van der Waals surface area contributed by atoms with Crippen molar-refractivity contribution in [2.24, 2.45) is 0 Å². The van der Waals surface area contributed by atoms with Gasteiger partial charge in [-0.3, -0.25) is 61.1 Å². The maximum atomic E-state index is 7.75. The van der Waals surface area contributed by atoms with Gasteiger partial charge in [0, 0.05) is 0 Å². The van der Waals surface area contributed by atoms with E-state index in [0.29, 0.717) is 0 Å². The number of hydrogen-bond acceptors (Lipinski definition) is 9. The molecule has 0 saturated heterocycles. The van der Waals surface area contributed by atoms with E-state index in [2.05, 4.69) is 61.1 Å². The fourth-order valence-electron chi connectivity index (χ4n) is 0. The molecule has 0 aliphatic heterocycles. The van der Waals surface area contributed by atoms with Crippen molar-refractivity contribution in [3.63, 3.8) is 0 Å². The van der Waals surface area contributed by atoms with Crippen molar-refractivity contribution in [3.8, 4) is 0 Å². The van der Waals surface area contributed by atoms with E-state index >= 15 is 0 Å². The first-order valence-electron chi connectivity index (χ1n) is 5.59. The zero-order valence-corrected chi connectivity index (χ0v) is 28.9. The molecule has 0 bridgehead atoms. The summed E-state index contributed by atoms with van der Waals surface area (Å²) in [6, 6.07) is 0. The molecular formula is C24H48O9Ru3. The van der Waals surface area contributed by atoms with Crippen molar-refractivity contribution in [2.75, 3.05) is 0 Å². The smallest absolute Gasteiger partial charge is 0.545 e. The van der Waals surface area contributed by atoms with Crippen LogP contribution < -0.4 is 0 Å². The summed E-state index contributed by atoms with van der Waals surface area (Å²) in [5, 5.41) is 0. The summed E-state index contributed by atoms with van der Waals surface area (Å²) in [5.41, 5.74) is 0. The molecule has 9 nitrogen and oxygen atoms in total. The standard InChI is InChI=1S/3C3H7.9CHO.6CH3.3Ru/c3*1-3-2;9*1-2;;;;;;;;;/h3*3H,1-2H3;9*1H;6*1H3;;;/q18*-1;3*+6. The van der Waals surface area contributed by atoms with E-state index < -0.39 is 0 Å². The van der Waals surface area contributed by atoms with Crippen LogP contribution in [0.1, 0.15) is 41.5 Å². The second-order valence-corrected chi connectivity index (χ2v) is 1.73. The first kappa shape index (κ1) is 208. The van der Waals surface area contributed by atoms with Crippen LogP contribution in [0.15, 0.2) is 0 Å². The molecule has 0 aromatic carbocycles. The number of carbonyl (C=O) groups excluding carboxylic acids is 9. The van der Waals surface area contributed by atoms with Gasteiger partial charge in [-0.2, -0.15) is 41.5 Å². The molecule has 0 aromatic heterocycles. The third-order valence-corrected chi connectivity index (χ3v) is 0. The molecule has 0 spiro atoms. The molecule has 0 amide bonds. The van der Waals surface area contributed by atoms with E-state index in [1.165, 1.54) is 0 Å². The van der Waals surface area contributed by atoms with Crippen molar-refractivity contribution in [1.29, 1.82) is 0 Å². The van der Waals surface area contributed by atoms with Gasteiger partial charge < -0.3 is 107 Å². The van der Waals surface area contributed by atoms with Crippen LogP contribution in [-0.4, -0.2) is 61.1 Å². The summed E-state index contributed by atoms with van der Waals surface area (Å²) in [5.74, 6) is 0. The zero-order chi connectivity index (χ0) is 26.1. The average Bonchev–Trinajstić information content (AvgIpc) is 2.82. The SMILES string of the molecule is C[CH-]C.C[CH-]C.C[CH-]C.[CH-]=O.[CH-]=O.[CH-]=O.[CH-]=O.[CH-]=O.[CH-]=O.[CH-]=O.[CH-]=O.[CH-]=O.[CH3-].[CH3-].[CH3-].[CH3-].[CH3-].[CH3-].[Ru+6].[Ru+6].[Ru+6]. The van der Waals surface area contributed by atoms with Gasteiger partial charge in [-0.1, -0.05) is 0 Å². The van der Waals surface area contributed by atoms with Crippen molar-refractivity contribution in [1.82, 2.24) is 0 Å². The minimum Gasteiger partial charge on any atom is -0.545 e. The van der Waals surface area contributed by atoms with Gasteiger partial charge in [-0.25, -0.2) is 0 Å². The van der Waals surface area contributed by atoms with Crippen LogP contribution in [0.25, 0.3) is 0 Å². The Hall–Kier alpha value is -1.10. The first-order chi connectivity index (χ1) is 13.2. The van der Waals surface area contributed by atoms with E-state index in [1.807, 2.05) is 60.8 Å². The second kappa shape index (κ2) is 10200. The zero-order valence-electron chi connectivity index (χ0n) is 23.7. The Balaban J connectivity index is -0.00000000353. The Bertz CT molecular complexity index is 95.5. The molecule has 36 heavy (non-hydrogen) atoms. The van der Waals surface area contributed by atoms with Gasteiger partial charge in [0.1, 0.15) is 0 Å². The normalized spacial score (nSPS) is 2.50. The Morgan fingerprint density at radius 3 is 0.250 bits per heavy atom. The van der Waals surface area contributed by atoms with Crippen LogP contribution in [0, 0.1) is 63.8 Å². The molecule has 0 heterocycles. The Morgan fingerprint density at radius 1 is 0.250 bits per heavy atom. The largest absolute Gasteiger partial charge is 6.00 e. The topological polar surface area (TPSA) is 154 Å². The van der Waals surface area contributed by atoms with Crippen molar-refractivity contribution in [3.05, 3.63) is 63.8 Å². The molecule has 0 atom stereocenters. The minimum atomic E-state index is 0. The first-order valence-corrected chi connectivity index (χ1v) is 5.59. The van der Waals surface area contributed by atoms with Crippen LogP contribution >= 0.6 is 0 Å². The fourth-order valence-corrected chi connectivity index (χ4v) is 0. The molecule has 0 saturated carbocycles. The van der Waals surface area contributed by atoms with Gasteiger partial charge >= 0.3 is 58.4 Å². The van der Waals surface area contributed by atoms with E-state index in [4.69, 9.17) is 43.2 Å². The van der Waals surface area contributed by atoms with Crippen LogP contribution in [0.2, 0.25) is 0 Å². The van der Waals surface area contributed by atoms with E-state index in [9.17, 15) is 0 Å². The summed E-state index contributed by atoms with van der Waals surface area (Å²) in [4.78, 5) is 69.8. The molecule has 222 valence electrons. The summed E-state index contributed by atoms with van der Waals surface area (Å²) < 4.78 is 0. The molecule has 0 radical (unpaired) electrons. The summed E-state index contributed by atoms with van der Waals surface area (Å²) in [6.07, 6.45) is 6.00. The Labute approximate surface area is 266 Å². The van der Waals surface area contributed by atoms with Crippen LogP contribution in [0.4, 0.5) is 0 Å². The van der Waals surface area contributed by atoms with Crippen molar-refractivity contribution in [2.45, 2.75) is 41.5 Å². The maximum Gasteiger partial charge on any atom is 6.00 e. The van der Waals surface area contributed by atoms with Crippen molar-refractivity contribution >= 4 is 61.1 Å². The van der Waals surface area contributed by atoms with Gasteiger partial charge in [0.2, 0.25) is 0 Å². The summed E-state index contributed by atoms with van der Waals surface area (Å²) in [7, 11) is 0. The number of hydrogen-bond donors (Lipinski definition) is 0. The molecular weight excluding hydrogens is 735 g/mol. The van der Waals surface area contributed by atoms with Gasteiger partial charge in [0.25, 0.3) is 0 Å². The average molecular weight is 784 g/mol. The van der Waals surface area contributed by atoms with Gasteiger partial charge in [0.15, 0.2) is 0 Å². The van der Waals surface area contributed by atoms with E-state index in [1.54, 1.807) is 0 Å². The van der Waals surface area contributed by atoms with Crippen LogP contribution in [0.5, 0.6) is 0 Å². The molecule has 0 aromatic rings. The molecule has 0 aliphatic rings. The molecule has 0 N–H and O–H groups in total. The molecule has 0 rings (SSSR count). The molecule has 12 heteroatoms. The predicted molar refractivity (Wildman–Crippen MR) is 146 cm³/mol. The third kappa shape index (κ3) is 27700. The maximum absolute atomic E-state index is 7.75. The predicted octanol–water partition coefficient (Wildman–Crippen LogP) is 3.92. The van der Waals surface area contributed by atoms with Crippen LogP contribution in [0.3, 0.4) is 0 Å². The van der Waals surface area contributed by atoms with E-state index in [0.717, 1.165) is 0 Å². The summed E-state index contributed by atoms with van der Waals surface area (Å²) >= 11 is 0. The molecule has 0 unspecified atom stereocenters. The Morgan fingerprint density at radius 2 is 0.250 bits per heavy atom. The number of rotatable bonds is 0. The van der Waals surface area contributed by atoms with Crippen molar-refractivity contribution < 1.29 is 102 Å². The van der Waals surface area contributed by atoms with Gasteiger partial charge in [-0.15, -0.1) is 0 Å². The minimum absolute atomic E-state index is 0. The van der Waals surface area contributed by atoms with E-state index in [-0.39, 0.29) is 103 Å². The summed E-state index contributed by atoms with van der Waals surface area (Å²) in [6.45, 7) is 41.2. The third-order valence-electron chi connectivity index (χ3n) is 0. The molecule has 0 aliphatic carbocycles. The monoisotopic (exact) mass is 786 g/mol. The molecule has 0 fully saturated rings. The van der Waals surface area contributed by atoms with Gasteiger partial charge in [-0.05, 0) is 0 Å². The second-order valence-electron chi connectivity index (χ2n) is 1.73. The fraction of sp³-hybridized carbons (Fsp3) is 0.250. The Kier molecular flexibility index (Phi) is 58600. The van der Waals surface area contributed by atoms with Crippen LogP contribution in [-0.2, 0) is 102 Å².